The summed E-state index contributed by atoms with van der Waals surface area (Å²) in [6.07, 6.45) is -14.5. The Morgan fingerprint density at radius 3 is 1.38 bits per heavy atom. The van der Waals surface area contributed by atoms with Gasteiger partial charge in [0.15, 0.2) is 0 Å². The number of alkyl halides is 8. The molecule has 0 aromatic carbocycles. The van der Waals surface area contributed by atoms with Gasteiger partial charge < -0.3 is 0 Å². The summed E-state index contributed by atoms with van der Waals surface area (Å²) in [5.41, 5.74) is 0. The van der Waals surface area contributed by atoms with Crippen molar-refractivity contribution in [2.45, 2.75) is 24.7 Å². The second-order valence-corrected chi connectivity index (χ2v) is 2.59. The summed E-state index contributed by atoms with van der Waals surface area (Å²) in [5, 5.41) is 0. The molecule has 0 radical (unpaired) electrons. The van der Waals surface area contributed by atoms with Crippen molar-refractivity contribution in [3.05, 3.63) is 0 Å². The lowest BCUT2D eigenvalue weighted by atomic mass is 10.1. The fourth-order valence-electron chi connectivity index (χ4n) is 0.515. The minimum atomic E-state index is -6.32. The number of carbonyl (C=O) groups is 2. The summed E-state index contributed by atoms with van der Waals surface area (Å²) in [6.45, 7) is 0. The Hall–Kier alpha value is -1.22. The average Bonchev–Trinajstić information content (AvgIpc) is 1.99. The van der Waals surface area contributed by atoms with Crippen LogP contribution in [0.3, 0.4) is 0 Å². The van der Waals surface area contributed by atoms with Crippen molar-refractivity contribution in [3.8, 4) is 0 Å². The third kappa shape index (κ3) is 3.14. The lowest BCUT2D eigenvalue weighted by Crippen LogP contribution is -2.45. The van der Waals surface area contributed by atoms with Crippen LogP contribution in [0, 0.1) is 0 Å². The monoisotopic (exact) mass is 258 g/mol. The van der Waals surface area contributed by atoms with Crippen molar-refractivity contribution in [3.63, 3.8) is 0 Å². The first-order chi connectivity index (χ1) is 6.80. The quantitative estimate of drug-likeness (QED) is 0.574. The number of hydrogen-bond donors (Lipinski definition) is 0. The maximum Gasteiger partial charge on any atom is 0.461 e. The summed E-state index contributed by atoms with van der Waals surface area (Å²) in [7, 11) is 0. The van der Waals surface area contributed by atoms with Gasteiger partial charge in [-0.15, -0.1) is 0 Å². The highest BCUT2D eigenvalue weighted by molar-refractivity contribution is 6.04. The first-order valence-corrected chi connectivity index (χ1v) is 3.38. The van der Waals surface area contributed by atoms with E-state index >= 15 is 0 Å². The molecule has 0 saturated heterocycles. The number of Topliss-reactive ketones (excluding diaryl/α,β-unsaturated/α-hetero) is 2. The fraction of sp³-hybridized carbons (Fsp3) is 0.667. The molecule has 0 saturated carbocycles. The molecule has 0 aliphatic carbocycles. The van der Waals surface area contributed by atoms with Crippen LogP contribution in [0.1, 0.15) is 6.42 Å². The Labute approximate surface area is 82.2 Å². The van der Waals surface area contributed by atoms with Crippen molar-refractivity contribution in [1.82, 2.24) is 0 Å². The lowest BCUT2D eigenvalue weighted by molar-refractivity contribution is -0.268. The highest BCUT2D eigenvalue weighted by atomic mass is 19.4. The predicted molar refractivity (Wildman–Crippen MR) is 31.7 cm³/mol. The van der Waals surface area contributed by atoms with Gasteiger partial charge in [-0.3, -0.25) is 9.59 Å². The average molecular weight is 258 g/mol. The molecule has 0 rings (SSSR count). The van der Waals surface area contributed by atoms with E-state index < -0.39 is 36.3 Å². The molecule has 16 heavy (non-hydrogen) atoms. The Bertz CT molecular complexity index is 299. The SMILES string of the molecule is O=C(CC(=O)C(F)(F)C(F)(F)F)C(F)(F)F. The third-order valence-corrected chi connectivity index (χ3v) is 1.34. The van der Waals surface area contributed by atoms with Gasteiger partial charge in [-0.05, 0) is 0 Å². The first kappa shape index (κ1) is 14.8. The molecule has 10 heteroatoms. The highest BCUT2D eigenvalue weighted by Gasteiger charge is 2.63. The van der Waals surface area contributed by atoms with Gasteiger partial charge in [0, 0.05) is 0 Å². The van der Waals surface area contributed by atoms with Crippen molar-refractivity contribution < 1.29 is 44.7 Å². The van der Waals surface area contributed by atoms with Gasteiger partial charge in [0.1, 0.15) is 0 Å². The van der Waals surface area contributed by atoms with E-state index in [0.29, 0.717) is 0 Å². The molecule has 0 N–H and O–H groups in total. The van der Waals surface area contributed by atoms with Crippen LogP contribution in [0.4, 0.5) is 35.1 Å². The molecule has 0 spiro atoms. The van der Waals surface area contributed by atoms with Crippen molar-refractivity contribution in [1.29, 1.82) is 0 Å². The molecule has 0 heterocycles. The summed E-state index contributed by atoms with van der Waals surface area (Å²) in [6, 6.07) is 0. The standard InChI is InChI=1S/C6H2F8O2/c7-4(8,6(12,13)14)2(15)1-3(16)5(9,10)11/h1H2. The summed E-state index contributed by atoms with van der Waals surface area (Å²) in [4.78, 5) is 20.2. The molecule has 0 aromatic rings. The van der Waals surface area contributed by atoms with E-state index in [1.165, 1.54) is 0 Å². The lowest BCUT2D eigenvalue weighted by Gasteiger charge is -2.17. The molecular weight excluding hydrogens is 256 g/mol. The van der Waals surface area contributed by atoms with Crippen molar-refractivity contribution in [2.24, 2.45) is 0 Å². The normalized spacial score (nSPS) is 13.8. The smallest absolute Gasteiger partial charge is 0.292 e. The minimum absolute atomic E-state index is 2.55. The molecule has 0 amide bonds. The summed E-state index contributed by atoms with van der Waals surface area (Å²) >= 11 is 0. The van der Waals surface area contributed by atoms with Crippen LogP contribution in [0.2, 0.25) is 0 Å². The van der Waals surface area contributed by atoms with Gasteiger partial charge >= 0.3 is 18.3 Å². The molecule has 0 aliphatic rings. The van der Waals surface area contributed by atoms with Gasteiger partial charge in [-0.25, -0.2) is 0 Å². The topological polar surface area (TPSA) is 34.1 Å². The predicted octanol–water partition coefficient (Wildman–Crippen LogP) is 2.27. The van der Waals surface area contributed by atoms with Crippen LogP contribution in [0.25, 0.3) is 0 Å². The zero-order valence-electron chi connectivity index (χ0n) is 7.05. The number of carbonyl (C=O) groups excluding carboxylic acids is 2. The number of hydrogen-bond acceptors (Lipinski definition) is 2. The molecule has 0 aromatic heterocycles. The summed E-state index contributed by atoms with van der Waals surface area (Å²) in [5.74, 6) is -12.1. The molecule has 0 aliphatic heterocycles. The van der Waals surface area contributed by atoms with E-state index in [1.54, 1.807) is 0 Å². The van der Waals surface area contributed by atoms with Gasteiger partial charge in [-0.1, -0.05) is 0 Å². The fourth-order valence-corrected chi connectivity index (χ4v) is 0.515. The highest BCUT2D eigenvalue weighted by Crippen LogP contribution is 2.37. The van der Waals surface area contributed by atoms with E-state index in [9.17, 15) is 44.7 Å². The van der Waals surface area contributed by atoms with E-state index in [-0.39, 0.29) is 0 Å². The van der Waals surface area contributed by atoms with Gasteiger partial charge in [-0.2, -0.15) is 35.1 Å². The molecular formula is C6H2F8O2. The first-order valence-electron chi connectivity index (χ1n) is 3.38. The maximum atomic E-state index is 12.1. The zero-order valence-corrected chi connectivity index (χ0v) is 7.05. The Kier molecular flexibility index (Phi) is 3.68. The number of halogens is 8. The van der Waals surface area contributed by atoms with Crippen LogP contribution in [0.5, 0.6) is 0 Å². The van der Waals surface area contributed by atoms with Crippen LogP contribution < -0.4 is 0 Å². The second-order valence-electron chi connectivity index (χ2n) is 2.59. The van der Waals surface area contributed by atoms with E-state index in [0.717, 1.165) is 0 Å². The van der Waals surface area contributed by atoms with Crippen molar-refractivity contribution in [2.75, 3.05) is 0 Å². The summed E-state index contributed by atoms with van der Waals surface area (Å²) < 4.78 is 93.0. The van der Waals surface area contributed by atoms with Crippen LogP contribution in [-0.4, -0.2) is 29.8 Å². The molecule has 0 fully saturated rings. The molecule has 0 unspecified atom stereocenters. The second kappa shape index (κ2) is 3.98. The number of ketones is 2. The van der Waals surface area contributed by atoms with E-state index in [1.807, 2.05) is 0 Å². The molecule has 94 valence electrons. The largest absolute Gasteiger partial charge is 0.461 e. The molecule has 2 nitrogen and oxygen atoms in total. The van der Waals surface area contributed by atoms with Gasteiger partial charge in [0.25, 0.3) is 0 Å². The van der Waals surface area contributed by atoms with Crippen LogP contribution in [-0.2, 0) is 9.59 Å². The zero-order chi connectivity index (χ0) is 13.4. The molecule has 0 bridgehead atoms. The van der Waals surface area contributed by atoms with Crippen molar-refractivity contribution >= 4 is 11.6 Å². The minimum Gasteiger partial charge on any atom is -0.292 e. The van der Waals surface area contributed by atoms with E-state index in [2.05, 4.69) is 0 Å². The van der Waals surface area contributed by atoms with Gasteiger partial charge in [0.2, 0.25) is 11.6 Å². The van der Waals surface area contributed by atoms with Crippen LogP contribution in [0.15, 0.2) is 0 Å². The Morgan fingerprint density at radius 1 is 0.750 bits per heavy atom. The molecule has 0 atom stereocenters. The van der Waals surface area contributed by atoms with E-state index in [4.69, 9.17) is 0 Å². The Balaban J connectivity index is 4.80. The van der Waals surface area contributed by atoms with Crippen LogP contribution >= 0.6 is 0 Å². The number of rotatable bonds is 3. The maximum absolute atomic E-state index is 12.1. The third-order valence-electron chi connectivity index (χ3n) is 1.34. The Morgan fingerprint density at radius 2 is 1.12 bits per heavy atom. The van der Waals surface area contributed by atoms with Gasteiger partial charge in [0.05, 0.1) is 6.42 Å².